The molecular formula is C17H23ClN2O. The molecule has 1 heterocycles. The quantitative estimate of drug-likeness (QED) is 0.827. The molecule has 0 aliphatic heterocycles. The van der Waals surface area contributed by atoms with Crippen molar-refractivity contribution < 1.29 is 4.74 Å². The number of benzene rings is 1. The van der Waals surface area contributed by atoms with E-state index in [4.69, 9.17) is 16.3 Å². The Morgan fingerprint density at radius 2 is 2.14 bits per heavy atom. The molecule has 0 saturated carbocycles. The first-order chi connectivity index (χ1) is 10.2. The van der Waals surface area contributed by atoms with E-state index < -0.39 is 0 Å². The van der Waals surface area contributed by atoms with Gasteiger partial charge in [0.25, 0.3) is 0 Å². The Kier molecular flexibility index (Phi) is 5.71. The molecule has 0 aliphatic rings. The number of hydrogen-bond acceptors (Lipinski definition) is 2. The molecule has 1 unspecified atom stereocenters. The van der Waals surface area contributed by atoms with Crippen LogP contribution in [0.15, 0.2) is 36.7 Å². The second-order valence-electron chi connectivity index (χ2n) is 5.20. The number of halogens is 1. The van der Waals surface area contributed by atoms with E-state index in [1.807, 2.05) is 25.2 Å². The van der Waals surface area contributed by atoms with Crippen LogP contribution in [0.25, 0.3) is 0 Å². The summed E-state index contributed by atoms with van der Waals surface area (Å²) < 4.78 is 7.57. The first kappa shape index (κ1) is 15.9. The summed E-state index contributed by atoms with van der Waals surface area (Å²) in [6.07, 6.45) is 6.60. The molecular weight excluding hydrogens is 284 g/mol. The topological polar surface area (TPSA) is 26.2 Å². The number of methoxy groups -OCH3 is 1. The Labute approximate surface area is 131 Å². The van der Waals surface area contributed by atoms with Crippen LogP contribution in [0.2, 0.25) is 5.02 Å². The fraction of sp³-hybridized carbons (Fsp3) is 0.412. The highest BCUT2D eigenvalue weighted by atomic mass is 35.5. The third-order valence-corrected chi connectivity index (χ3v) is 3.93. The van der Waals surface area contributed by atoms with Gasteiger partial charge in [0, 0.05) is 29.0 Å². The lowest BCUT2D eigenvalue weighted by Gasteiger charge is -2.13. The molecule has 3 nitrogen and oxygen atoms in total. The summed E-state index contributed by atoms with van der Waals surface area (Å²) in [5.74, 6) is 0.869. The summed E-state index contributed by atoms with van der Waals surface area (Å²) >= 11 is 6.08. The molecule has 0 bridgehead atoms. The fourth-order valence-corrected chi connectivity index (χ4v) is 2.79. The van der Waals surface area contributed by atoms with E-state index in [0.29, 0.717) is 6.04 Å². The van der Waals surface area contributed by atoms with E-state index in [2.05, 4.69) is 35.3 Å². The van der Waals surface area contributed by atoms with Gasteiger partial charge in [0.2, 0.25) is 0 Å². The van der Waals surface area contributed by atoms with Crippen LogP contribution in [0.3, 0.4) is 0 Å². The number of nitrogens with zero attached hydrogens (tertiary/aromatic N) is 1. The summed E-state index contributed by atoms with van der Waals surface area (Å²) in [6, 6.07) is 8.31. The van der Waals surface area contributed by atoms with Crippen LogP contribution in [0, 0.1) is 0 Å². The predicted molar refractivity (Wildman–Crippen MR) is 88.2 cm³/mol. The van der Waals surface area contributed by atoms with Crippen LogP contribution in [-0.4, -0.2) is 18.7 Å². The van der Waals surface area contributed by atoms with E-state index in [9.17, 15) is 0 Å². The lowest BCUT2D eigenvalue weighted by atomic mass is 10.1. The van der Waals surface area contributed by atoms with Crippen LogP contribution < -0.4 is 10.1 Å². The van der Waals surface area contributed by atoms with Crippen molar-refractivity contribution in [2.24, 2.45) is 0 Å². The zero-order valence-corrected chi connectivity index (χ0v) is 13.7. The number of rotatable bonds is 7. The molecule has 1 aromatic carbocycles. The standard InChI is InChI=1S/C17H23ClN2O/c1-4-5-16(19-2)13-8-9-20(11-13)12-14-10-15(18)6-7-17(14)21-3/h6-11,16,19H,4-5,12H2,1-3H3. The molecule has 0 amide bonds. The molecule has 1 atom stereocenters. The number of ether oxygens (including phenoxy) is 1. The van der Waals surface area contributed by atoms with Gasteiger partial charge in [-0.05, 0) is 43.3 Å². The molecule has 0 radical (unpaired) electrons. The van der Waals surface area contributed by atoms with Gasteiger partial charge in [-0.25, -0.2) is 0 Å². The van der Waals surface area contributed by atoms with Gasteiger partial charge in [0.1, 0.15) is 5.75 Å². The van der Waals surface area contributed by atoms with Crippen molar-refractivity contribution in [3.8, 4) is 5.75 Å². The van der Waals surface area contributed by atoms with Crippen LogP contribution in [0.5, 0.6) is 5.75 Å². The van der Waals surface area contributed by atoms with Gasteiger partial charge >= 0.3 is 0 Å². The van der Waals surface area contributed by atoms with Crippen molar-refractivity contribution in [1.82, 2.24) is 9.88 Å². The highest BCUT2D eigenvalue weighted by molar-refractivity contribution is 6.30. The summed E-state index contributed by atoms with van der Waals surface area (Å²) in [5.41, 5.74) is 2.41. The lowest BCUT2D eigenvalue weighted by Crippen LogP contribution is -2.15. The summed E-state index contributed by atoms with van der Waals surface area (Å²) in [4.78, 5) is 0. The van der Waals surface area contributed by atoms with Crippen LogP contribution >= 0.6 is 11.6 Å². The van der Waals surface area contributed by atoms with Gasteiger partial charge in [-0.1, -0.05) is 24.9 Å². The van der Waals surface area contributed by atoms with Crippen LogP contribution in [0.1, 0.15) is 36.9 Å². The molecule has 2 rings (SSSR count). The van der Waals surface area contributed by atoms with Crippen molar-refractivity contribution >= 4 is 11.6 Å². The highest BCUT2D eigenvalue weighted by Crippen LogP contribution is 2.25. The SMILES string of the molecule is CCCC(NC)c1ccn(Cc2cc(Cl)ccc2OC)c1. The lowest BCUT2D eigenvalue weighted by molar-refractivity contribution is 0.408. The summed E-state index contributed by atoms with van der Waals surface area (Å²) in [6.45, 7) is 2.96. The highest BCUT2D eigenvalue weighted by Gasteiger charge is 2.10. The van der Waals surface area contributed by atoms with Crippen molar-refractivity contribution in [2.75, 3.05) is 14.2 Å². The van der Waals surface area contributed by atoms with Gasteiger partial charge in [0.15, 0.2) is 0 Å². The predicted octanol–water partition coefficient (Wildman–Crippen LogP) is 4.26. The minimum Gasteiger partial charge on any atom is -0.496 e. The maximum atomic E-state index is 6.08. The first-order valence-corrected chi connectivity index (χ1v) is 7.71. The molecule has 0 aliphatic carbocycles. The second-order valence-corrected chi connectivity index (χ2v) is 5.64. The van der Waals surface area contributed by atoms with Crippen LogP contribution in [0.4, 0.5) is 0 Å². The maximum Gasteiger partial charge on any atom is 0.123 e. The molecule has 1 N–H and O–H groups in total. The van der Waals surface area contributed by atoms with Crippen molar-refractivity contribution in [3.05, 3.63) is 52.8 Å². The molecule has 0 fully saturated rings. The molecule has 1 aromatic heterocycles. The minimum atomic E-state index is 0.414. The molecule has 0 spiro atoms. The van der Waals surface area contributed by atoms with E-state index >= 15 is 0 Å². The zero-order valence-electron chi connectivity index (χ0n) is 12.9. The average molecular weight is 307 g/mol. The third-order valence-electron chi connectivity index (χ3n) is 3.70. The largest absolute Gasteiger partial charge is 0.496 e. The second kappa shape index (κ2) is 7.53. The Morgan fingerprint density at radius 1 is 1.33 bits per heavy atom. The Hall–Kier alpha value is -1.45. The minimum absolute atomic E-state index is 0.414. The maximum absolute atomic E-state index is 6.08. The molecule has 2 aromatic rings. The number of nitrogens with one attached hydrogen (secondary N) is 1. The summed E-state index contributed by atoms with van der Waals surface area (Å²) in [5, 5.41) is 4.10. The van der Waals surface area contributed by atoms with Crippen molar-refractivity contribution in [2.45, 2.75) is 32.4 Å². The Bertz CT molecular complexity index is 580. The molecule has 4 heteroatoms. The Morgan fingerprint density at radius 3 is 2.81 bits per heavy atom. The van der Waals surface area contributed by atoms with Crippen molar-refractivity contribution in [1.29, 1.82) is 0 Å². The summed E-state index contributed by atoms with van der Waals surface area (Å²) in [7, 11) is 3.70. The van der Waals surface area contributed by atoms with Crippen LogP contribution in [-0.2, 0) is 6.54 Å². The fourth-order valence-electron chi connectivity index (χ4n) is 2.60. The van der Waals surface area contributed by atoms with E-state index in [1.165, 1.54) is 12.0 Å². The van der Waals surface area contributed by atoms with E-state index in [0.717, 1.165) is 29.3 Å². The third kappa shape index (κ3) is 4.02. The van der Waals surface area contributed by atoms with Gasteiger partial charge in [-0.3, -0.25) is 0 Å². The first-order valence-electron chi connectivity index (χ1n) is 7.33. The van der Waals surface area contributed by atoms with Gasteiger partial charge < -0.3 is 14.6 Å². The molecule has 21 heavy (non-hydrogen) atoms. The van der Waals surface area contributed by atoms with E-state index in [1.54, 1.807) is 7.11 Å². The monoisotopic (exact) mass is 306 g/mol. The normalized spacial score (nSPS) is 12.4. The van der Waals surface area contributed by atoms with Gasteiger partial charge in [0.05, 0.1) is 13.7 Å². The number of aromatic nitrogens is 1. The van der Waals surface area contributed by atoms with Gasteiger partial charge in [-0.15, -0.1) is 0 Å². The average Bonchev–Trinajstić information content (AvgIpc) is 2.93. The van der Waals surface area contributed by atoms with Crippen molar-refractivity contribution in [3.63, 3.8) is 0 Å². The van der Waals surface area contributed by atoms with Gasteiger partial charge in [-0.2, -0.15) is 0 Å². The Balaban J connectivity index is 2.17. The molecule has 114 valence electrons. The smallest absolute Gasteiger partial charge is 0.123 e. The molecule has 0 saturated heterocycles. The number of hydrogen-bond donors (Lipinski definition) is 1. The zero-order chi connectivity index (χ0) is 15.2. The van der Waals surface area contributed by atoms with E-state index in [-0.39, 0.29) is 0 Å².